The Balaban J connectivity index is 3.00. The Bertz CT molecular complexity index is 765. The maximum absolute atomic E-state index is 13.3. The van der Waals surface area contributed by atoms with Gasteiger partial charge in [0.25, 0.3) is 0 Å². The van der Waals surface area contributed by atoms with Crippen molar-refractivity contribution in [3.63, 3.8) is 0 Å². The number of aliphatic imine (C=N–C) groups is 1. The molecule has 206 valence electrons. The van der Waals surface area contributed by atoms with Crippen LogP contribution in [-0.2, 0) is 19.2 Å². The van der Waals surface area contributed by atoms with Gasteiger partial charge in [-0.05, 0) is 69.9 Å². The summed E-state index contributed by atoms with van der Waals surface area (Å²) in [5, 5.41) is 14.9. The summed E-state index contributed by atoms with van der Waals surface area (Å²) < 4.78 is 0. The van der Waals surface area contributed by atoms with Crippen molar-refractivity contribution in [1.29, 1.82) is 0 Å². The lowest BCUT2D eigenvalue weighted by molar-refractivity contribution is -0.149. The van der Waals surface area contributed by atoms with Gasteiger partial charge in [0.15, 0.2) is 5.96 Å². The number of carboxylic acids is 1. The fourth-order valence-corrected chi connectivity index (χ4v) is 4.43. The number of carbonyl (C=O) groups excluding carboxylic acids is 3. The summed E-state index contributed by atoms with van der Waals surface area (Å²) in [5.41, 5.74) is 22.3. The minimum absolute atomic E-state index is 0.0899. The molecule has 0 aromatic rings. The monoisotopic (exact) mass is 530 g/mol. The third-order valence-corrected chi connectivity index (χ3v) is 6.57. The van der Waals surface area contributed by atoms with E-state index in [1.54, 1.807) is 11.8 Å². The van der Waals surface area contributed by atoms with Crippen molar-refractivity contribution >= 4 is 41.4 Å². The number of amides is 3. The second-order valence-electron chi connectivity index (χ2n) is 8.77. The van der Waals surface area contributed by atoms with E-state index in [1.165, 1.54) is 4.90 Å². The third kappa shape index (κ3) is 11.0. The van der Waals surface area contributed by atoms with Gasteiger partial charge in [0.05, 0.1) is 6.04 Å². The summed E-state index contributed by atoms with van der Waals surface area (Å²) in [6, 6.07) is -3.61. The van der Waals surface area contributed by atoms with Crippen LogP contribution in [0.4, 0.5) is 0 Å². The van der Waals surface area contributed by atoms with Gasteiger partial charge in [-0.1, -0.05) is 0 Å². The second-order valence-corrected chi connectivity index (χ2v) is 9.76. The predicted octanol–water partition coefficient (Wildman–Crippen LogP) is -1.71. The fourth-order valence-electron chi connectivity index (χ4n) is 3.94. The van der Waals surface area contributed by atoms with Crippen molar-refractivity contribution in [1.82, 2.24) is 15.5 Å². The Kier molecular flexibility index (Phi) is 14.8. The maximum Gasteiger partial charge on any atom is 0.326 e. The maximum atomic E-state index is 13.3. The van der Waals surface area contributed by atoms with Gasteiger partial charge in [0.1, 0.15) is 18.1 Å². The van der Waals surface area contributed by atoms with Crippen molar-refractivity contribution in [2.75, 3.05) is 31.6 Å². The van der Waals surface area contributed by atoms with Crippen LogP contribution in [-0.4, -0.2) is 95.5 Å². The number of rotatable bonds is 17. The van der Waals surface area contributed by atoms with E-state index < -0.39 is 47.9 Å². The molecule has 1 aliphatic heterocycles. The molecule has 13 nitrogen and oxygen atoms in total. The molecular formula is C22H42N8O5S. The van der Waals surface area contributed by atoms with Crippen LogP contribution in [0.15, 0.2) is 4.99 Å². The number of nitrogens with zero attached hydrogens (tertiary/aromatic N) is 2. The molecule has 1 rings (SSSR count). The highest BCUT2D eigenvalue weighted by atomic mass is 32.2. The Morgan fingerprint density at radius 3 is 2.33 bits per heavy atom. The number of carbonyl (C=O) groups is 4. The molecule has 0 spiro atoms. The lowest BCUT2D eigenvalue weighted by Gasteiger charge is -2.29. The number of guanidine groups is 1. The average molecular weight is 531 g/mol. The van der Waals surface area contributed by atoms with Crippen LogP contribution in [0.2, 0.25) is 0 Å². The van der Waals surface area contributed by atoms with Gasteiger partial charge >= 0.3 is 5.97 Å². The quantitative estimate of drug-likeness (QED) is 0.0639. The molecule has 14 heteroatoms. The Hall–Kier alpha value is -2.58. The van der Waals surface area contributed by atoms with Crippen LogP contribution >= 0.6 is 11.8 Å². The highest BCUT2D eigenvalue weighted by Crippen LogP contribution is 2.20. The van der Waals surface area contributed by atoms with Gasteiger partial charge in [-0.2, -0.15) is 11.8 Å². The summed E-state index contributed by atoms with van der Waals surface area (Å²) in [5.74, 6) is -1.94. The molecule has 1 saturated heterocycles. The number of hydrogen-bond donors (Lipinski definition) is 7. The molecule has 0 saturated carbocycles. The van der Waals surface area contributed by atoms with E-state index in [-0.39, 0.29) is 25.5 Å². The summed E-state index contributed by atoms with van der Waals surface area (Å²) in [7, 11) is 0. The molecule has 0 bridgehead atoms. The first kappa shape index (κ1) is 31.4. The summed E-state index contributed by atoms with van der Waals surface area (Å²) in [6.45, 7) is 0.968. The topological polar surface area (TPSA) is 232 Å². The van der Waals surface area contributed by atoms with Crippen molar-refractivity contribution < 1.29 is 24.3 Å². The number of unbranched alkanes of at least 4 members (excludes halogenated alkanes) is 1. The molecule has 1 aliphatic rings. The number of thioether (sulfide) groups is 1. The van der Waals surface area contributed by atoms with E-state index in [2.05, 4.69) is 15.6 Å². The van der Waals surface area contributed by atoms with E-state index in [4.69, 9.17) is 22.9 Å². The van der Waals surface area contributed by atoms with Gasteiger partial charge in [-0.25, -0.2) is 4.79 Å². The van der Waals surface area contributed by atoms with Crippen LogP contribution in [0.3, 0.4) is 0 Å². The molecule has 3 amide bonds. The van der Waals surface area contributed by atoms with Gasteiger partial charge in [-0.3, -0.25) is 19.4 Å². The normalized spacial score (nSPS) is 17.6. The van der Waals surface area contributed by atoms with E-state index in [0.717, 1.165) is 0 Å². The molecule has 1 heterocycles. The van der Waals surface area contributed by atoms with E-state index >= 15 is 0 Å². The van der Waals surface area contributed by atoms with Gasteiger partial charge in [0, 0.05) is 13.1 Å². The van der Waals surface area contributed by atoms with Crippen molar-refractivity contribution in [3.05, 3.63) is 0 Å². The largest absolute Gasteiger partial charge is 0.480 e. The Labute approximate surface area is 216 Å². The van der Waals surface area contributed by atoms with Gasteiger partial charge in [-0.15, -0.1) is 0 Å². The first-order chi connectivity index (χ1) is 17.1. The molecule has 11 N–H and O–H groups in total. The number of nitrogens with one attached hydrogen (secondary N) is 2. The molecular weight excluding hydrogens is 488 g/mol. The van der Waals surface area contributed by atoms with Crippen LogP contribution < -0.4 is 33.6 Å². The zero-order valence-corrected chi connectivity index (χ0v) is 21.8. The summed E-state index contributed by atoms with van der Waals surface area (Å²) >= 11 is 1.56. The number of aliphatic carboxylic acids is 1. The molecule has 0 aromatic heterocycles. The second kappa shape index (κ2) is 17.0. The fraction of sp³-hybridized carbons (Fsp3) is 0.773. The third-order valence-electron chi connectivity index (χ3n) is 5.93. The minimum atomic E-state index is -1.09. The van der Waals surface area contributed by atoms with Crippen LogP contribution in [0.5, 0.6) is 0 Å². The van der Waals surface area contributed by atoms with Crippen LogP contribution in [0.1, 0.15) is 51.4 Å². The number of carboxylic acid groups (broad SMARTS) is 1. The molecule has 1 fully saturated rings. The lowest BCUT2D eigenvalue weighted by Crippen LogP contribution is -2.57. The van der Waals surface area contributed by atoms with E-state index in [1.807, 2.05) is 6.26 Å². The van der Waals surface area contributed by atoms with Crippen molar-refractivity contribution in [3.8, 4) is 0 Å². The Morgan fingerprint density at radius 2 is 1.72 bits per heavy atom. The van der Waals surface area contributed by atoms with E-state index in [0.29, 0.717) is 57.2 Å². The summed E-state index contributed by atoms with van der Waals surface area (Å²) in [6.07, 6.45) is 5.42. The first-order valence-electron chi connectivity index (χ1n) is 12.3. The molecule has 0 radical (unpaired) electrons. The van der Waals surface area contributed by atoms with Crippen molar-refractivity contribution in [2.24, 2.45) is 27.9 Å². The van der Waals surface area contributed by atoms with Crippen LogP contribution in [0, 0.1) is 0 Å². The highest BCUT2D eigenvalue weighted by molar-refractivity contribution is 7.98. The molecule has 0 aliphatic carbocycles. The zero-order chi connectivity index (χ0) is 27.1. The molecule has 36 heavy (non-hydrogen) atoms. The number of likely N-dealkylation sites (tertiary alicyclic amines) is 1. The molecule has 0 unspecified atom stereocenters. The Morgan fingerprint density at radius 1 is 1.06 bits per heavy atom. The van der Waals surface area contributed by atoms with Crippen LogP contribution in [0.25, 0.3) is 0 Å². The smallest absolute Gasteiger partial charge is 0.326 e. The minimum Gasteiger partial charge on any atom is -0.480 e. The molecule has 0 aromatic carbocycles. The first-order valence-corrected chi connectivity index (χ1v) is 13.7. The highest BCUT2D eigenvalue weighted by Gasteiger charge is 2.38. The average Bonchev–Trinajstić information content (AvgIpc) is 3.33. The SMILES string of the molecule is CSCC[C@H](N)C(=O)N[C@@H](CCCCN)C(=O)N[C@@H](CCCN=C(N)N)C(=O)N1CCC[C@H]1C(=O)O. The predicted molar refractivity (Wildman–Crippen MR) is 140 cm³/mol. The van der Waals surface area contributed by atoms with Crippen molar-refractivity contribution in [2.45, 2.75) is 75.5 Å². The number of hydrogen-bond acceptors (Lipinski definition) is 8. The zero-order valence-electron chi connectivity index (χ0n) is 21.0. The standard InChI is InChI=1S/C22H42N8O5S/c1-36-13-9-14(24)18(31)28-15(6-2-3-10-23)19(32)29-16(7-4-11-27-22(25)26)20(33)30-12-5-8-17(30)21(34)35/h14-17H,2-13,23-24H2,1H3,(H,28,31)(H,29,32)(H,34,35)(H4,25,26,27)/t14-,15-,16-,17-/m0/s1. The summed E-state index contributed by atoms with van der Waals surface area (Å²) in [4.78, 5) is 55.9. The number of nitrogens with two attached hydrogens (primary N) is 4. The molecule has 4 atom stereocenters. The van der Waals surface area contributed by atoms with E-state index in [9.17, 15) is 24.3 Å². The van der Waals surface area contributed by atoms with Gasteiger partial charge < -0.3 is 43.6 Å². The van der Waals surface area contributed by atoms with Gasteiger partial charge in [0.2, 0.25) is 17.7 Å². The lowest BCUT2D eigenvalue weighted by atomic mass is 10.0.